The lowest BCUT2D eigenvalue weighted by atomic mass is 10.0. The SMILES string of the molecule is Cc1cc(-c2ccc3ccc(C#N)nc3c2)ccc1Cl. The van der Waals surface area contributed by atoms with E-state index in [4.69, 9.17) is 16.9 Å². The molecule has 3 aromatic rings. The number of benzene rings is 2. The Morgan fingerprint density at radius 2 is 1.70 bits per heavy atom. The summed E-state index contributed by atoms with van der Waals surface area (Å²) in [6.07, 6.45) is 0. The predicted molar refractivity (Wildman–Crippen MR) is 81.6 cm³/mol. The number of aryl methyl sites for hydroxylation is 1. The van der Waals surface area contributed by atoms with Crippen LogP contribution in [0.25, 0.3) is 22.0 Å². The van der Waals surface area contributed by atoms with Crippen molar-refractivity contribution in [1.82, 2.24) is 4.98 Å². The van der Waals surface area contributed by atoms with Crippen LogP contribution in [-0.4, -0.2) is 4.98 Å². The molecule has 0 atom stereocenters. The average Bonchev–Trinajstić information content (AvgIpc) is 2.49. The zero-order valence-electron chi connectivity index (χ0n) is 10.9. The van der Waals surface area contributed by atoms with Crippen LogP contribution in [0.5, 0.6) is 0 Å². The van der Waals surface area contributed by atoms with Crippen LogP contribution in [0.1, 0.15) is 11.3 Å². The first-order valence-corrected chi connectivity index (χ1v) is 6.62. The van der Waals surface area contributed by atoms with E-state index in [1.165, 1.54) is 0 Å². The van der Waals surface area contributed by atoms with Crippen LogP contribution in [0.3, 0.4) is 0 Å². The van der Waals surface area contributed by atoms with Gasteiger partial charge in [-0.15, -0.1) is 0 Å². The van der Waals surface area contributed by atoms with E-state index in [0.717, 1.165) is 32.6 Å². The number of pyridine rings is 1. The van der Waals surface area contributed by atoms with E-state index >= 15 is 0 Å². The first kappa shape index (κ1) is 12.7. The van der Waals surface area contributed by atoms with Crippen molar-refractivity contribution in [3.8, 4) is 17.2 Å². The minimum absolute atomic E-state index is 0.432. The average molecular weight is 279 g/mol. The fraction of sp³-hybridized carbons (Fsp3) is 0.0588. The summed E-state index contributed by atoms with van der Waals surface area (Å²) >= 11 is 6.05. The molecule has 0 saturated carbocycles. The molecule has 20 heavy (non-hydrogen) atoms. The van der Waals surface area contributed by atoms with Gasteiger partial charge in [0.15, 0.2) is 0 Å². The van der Waals surface area contributed by atoms with Crippen LogP contribution in [0.2, 0.25) is 5.02 Å². The second kappa shape index (κ2) is 4.96. The molecule has 1 heterocycles. The summed E-state index contributed by atoms with van der Waals surface area (Å²) in [7, 11) is 0. The van der Waals surface area contributed by atoms with Crippen LogP contribution in [0.15, 0.2) is 48.5 Å². The molecule has 0 spiro atoms. The maximum atomic E-state index is 8.92. The highest BCUT2D eigenvalue weighted by Crippen LogP contribution is 2.27. The van der Waals surface area contributed by atoms with Crippen molar-refractivity contribution in [2.45, 2.75) is 6.92 Å². The summed E-state index contributed by atoms with van der Waals surface area (Å²) in [5.74, 6) is 0. The van der Waals surface area contributed by atoms with E-state index in [1.54, 1.807) is 6.07 Å². The monoisotopic (exact) mass is 278 g/mol. The fourth-order valence-corrected chi connectivity index (χ4v) is 2.30. The van der Waals surface area contributed by atoms with Gasteiger partial charge >= 0.3 is 0 Å². The molecule has 0 unspecified atom stereocenters. The number of aromatic nitrogens is 1. The van der Waals surface area contributed by atoms with E-state index in [-0.39, 0.29) is 0 Å². The van der Waals surface area contributed by atoms with Crippen molar-refractivity contribution in [3.05, 3.63) is 64.8 Å². The third-order valence-electron chi connectivity index (χ3n) is 3.30. The molecular weight excluding hydrogens is 268 g/mol. The van der Waals surface area contributed by atoms with Gasteiger partial charge in [-0.25, -0.2) is 4.98 Å². The Morgan fingerprint density at radius 3 is 2.45 bits per heavy atom. The van der Waals surface area contributed by atoms with Gasteiger partial charge < -0.3 is 0 Å². The smallest absolute Gasteiger partial charge is 0.141 e. The highest BCUT2D eigenvalue weighted by Gasteiger charge is 2.04. The lowest BCUT2D eigenvalue weighted by Gasteiger charge is -2.06. The van der Waals surface area contributed by atoms with E-state index in [0.29, 0.717) is 5.69 Å². The van der Waals surface area contributed by atoms with Gasteiger partial charge in [0.2, 0.25) is 0 Å². The molecule has 0 radical (unpaired) electrons. The molecule has 0 aliphatic heterocycles. The Hall–Kier alpha value is -2.37. The quantitative estimate of drug-likeness (QED) is 0.645. The summed E-state index contributed by atoms with van der Waals surface area (Å²) in [6, 6.07) is 17.7. The second-order valence-electron chi connectivity index (χ2n) is 4.68. The number of fused-ring (bicyclic) bond motifs is 1. The van der Waals surface area contributed by atoms with Crippen LogP contribution in [0, 0.1) is 18.3 Å². The third-order valence-corrected chi connectivity index (χ3v) is 3.72. The topological polar surface area (TPSA) is 36.7 Å². The van der Waals surface area contributed by atoms with Gasteiger partial charge in [0.25, 0.3) is 0 Å². The number of rotatable bonds is 1. The second-order valence-corrected chi connectivity index (χ2v) is 5.09. The number of hydrogen-bond acceptors (Lipinski definition) is 2. The molecule has 0 fully saturated rings. The number of hydrogen-bond donors (Lipinski definition) is 0. The lowest BCUT2D eigenvalue weighted by Crippen LogP contribution is -1.86. The molecule has 96 valence electrons. The molecule has 1 aromatic heterocycles. The largest absolute Gasteiger partial charge is 0.237 e. The minimum Gasteiger partial charge on any atom is -0.237 e. The van der Waals surface area contributed by atoms with Crippen molar-refractivity contribution in [3.63, 3.8) is 0 Å². The summed E-state index contributed by atoms with van der Waals surface area (Å²) in [4.78, 5) is 4.33. The third kappa shape index (κ3) is 2.24. The van der Waals surface area contributed by atoms with Gasteiger partial charge in [-0.1, -0.05) is 29.8 Å². The Bertz CT molecular complexity index is 847. The summed E-state index contributed by atoms with van der Waals surface area (Å²) in [5.41, 5.74) is 4.47. The molecule has 2 aromatic carbocycles. The first-order chi connectivity index (χ1) is 9.67. The van der Waals surface area contributed by atoms with Crippen molar-refractivity contribution in [2.24, 2.45) is 0 Å². The zero-order valence-corrected chi connectivity index (χ0v) is 11.6. The van der Waals surface area contributed by atoms with Gasteiger partial charge in [-0.05, 0) is 53.9 Å². The number of nitrogens with zero attached hydrogens (tertiary/aromatic N) is 2. The fourth-order valence-electron chi connectivity index (χ4n) is 2.18. The van der Waals surface area contributed by atoms with Crippen molar-refractivity contribution < 1.29 is 0 Å². The molecule has 0 saturated heterocycles. The van der Waals surface area contributed by atoms with E-state index < -0.39 is 0 Å². The Kier molecular flexibility index (Phi) is 3.14. The summed E-state index contributed by atoms with van der Waals surface area (Å²) < 4.78 is 0. The summed E-state index contributed by atoms with van der Waals surface area (Å²) in [5, 5.41) is 10.7. The van der Waals surface area contributed by atoms with E-state index in [1.807, 2.05) is 37.3 Å². The molecule has 3 heteroatoms. The normalized spacial score (nSPS) is 10.4. The van der Waals surface area contributed by atoms with Crippen molar-refractivity contribution in [2.75, 3.05) is 0 Å². The highest BCUT2D eigenvalue weighted by atomic mass is 35.5. The van der Waals surface area contributed by atoms with E-state index in [2.05, 4.69) is 23.2 Å². The van der Waals surface area contributed by atoms with Gasteiger partial charge in [-0.2, -0.15) is 5.26 Å². The minimum atomic E-state index is 0.432. The van der Waals surface area contributed by atoms with Crippen LogP contribution in [0.4, 0.5) is 0 Å². The molecule has 0 aliphatic rings. The molecule has 0 amide bonds. The Balaban J connectivity index is 2.16. The van der Waals surface area contributed by atoms with Crippen molar-refractivity contribution in [1.29, 1.82) is 5.26 Å². The van der Waals surface area contributed by atoms with Crippen LogP contribution < -0.4 is 0 Å². The maximum Gasteiger partial charge on any atom is 0.141 e. The molecule has 2 nitrogen and oxygen atoms in total. The maximum absolute atomic E-state index is 8.92. The zero-order chi connectivity index (χ0) is 14.1. The molecule has 0 aliphatic carbocycles. The van der Waals surface area contributed by atoms with Gasteiger partial charge in [0, 0.05) is 10.4 Å². The summed E-state index contributed by atoms with van der Waals surface area (Å²) in [6.45, 7) is 1.99. The Labute approximate surface area is 122 Å². The van der Waals surface area contributed by atoms with E-state index in [9.17, 15) is 0 Å². The predicted octanol–water partition coefficient (Wildman–Crippen LogP) is 4.74. The van der Waals surface area contributed by atoms with Gasteiger partial charge in [0.1, 0.15) is 11.8 Å². The van der Waals surface area contributed by atoms with Crippen molar-refractivity contribution >= 4 is 22.5 Å². The van der Waals surface area contributed by atoms with Crippen LogP contribution in [-0.2, 0) is 0 Å². The molecular formula is C17H11ClN2. The lowest BCUT2D eigenvalue weighted by molar-refractivity contribution is 1.32. The molecule has 0 N–H and O–H groups in total. The van der Waals surface area contributed by atoms with Gasteiger partial charge in [0.05, 0.1) is 5.52 Å². The molecule has 0 bridgehead atoms. The van der Waals surface area contributed by atoms with Gasteiger partial charge in [-0.3, -0.25) is 0 Å². The first-order valence-electron chi connectivity index (χ1n) is 6.25. The number of halogens is 1. The number of nitriles is 1. The molecule has 3 rings (SSSR count). The van der Waals surface area contributed by atoms with Crippen LogP contribution >= 0.6 is 11.6 Å². The standard InChI is InChI=1S/C17H11ClN2/c1-11-8-13(5-7-16(11)18)14-3-2-12-4-6-15(10-19)20-17(12)9-14/h2-9H,1H3. The Morgan fingerprint density at radius 1 is 1.00 bits per heavy atom. The highest BCUT2D eigenvalue weighted by molar-refractivity contribution is 6.31.